The van der Waals surface area contributed by atoms with E-state index in [0.29, 0.717) is 12.0 Å². The van der Waals surface area contributed by atoms with Gasteiger partial charge in [0, 0.05) is 6.61 Å². The Bertz CT molecular complexity index is 97.2. The first kappa shape index (κ1) is 12.0. The largest absolute Gasteiger partial charge is 0.396 e. The zero-order valence-corrected chi connectivity index (χ0v) is 8.90. The fourth-order valence-electron chi connectivity index (χ4n) is 1.54. The molecule has 1 nitrogen and oxygen atoms in total. The van der Waals surface area contributed by atoms with Gasteiger partial charge in [-0.2, -0.15) is 0 Å². The Kier molecular flexibility index (Phi) is 6.45. The van der Waals surface area contributed by atoms with Crippen molar-refractivity contribution < 1.29 is 5.11 Å². The Labute approximate surface area is 77.2 Å². The molecule has 0 saturated carbocycles. The van der Waals surface area contributed by atoms with Gasteiger partial charge in [0.1, 0.15) is 0 Å². The lowest BCUT2D eigenvalue weighted by Gasteiger charge is -2.23. The normalized spacial score (nSPS) is 12.0. The number of unbranched alkanes of at least 4 members (excludes halogenated alkanes) is 2. The molecule has 0 amide bonds. The van der Waals surface area contributed by atoms with Crippen LogP contribution in [0.3, 0.4) is 0 Å². The van der Waals surface area contributed by atoms with Gasteiger partial charge in [-0.1, -0.05) is 40.0 Å². The van der Waals surface area contributed by atoms with Gasteiger partial charge in [0.2, 0.25) is 0 Å². The molecule has 0 aromatic heterocycles. The van der Waals surface area contributed by atoms with Gasteiger partial charge in [0.25, 0.3) is 0 Å². The van der Waals surface area contributed by atoms with Crippen molar-refractivity contribution in [3.63, 3.8) is 0 Å². The molecule has 1 heteroatoms. The monoisotopic (exact) mass is 172 g/mol. The van der Waals surface area contributed by atoms with E-state index in [1.165, 1.54) is 25.7 Å². The Morgan fingerprint density at radius 2 is 1.58 bits per heavy atom. The van der Waals surface area contributed by atoms with E-state index in [4.69, 9.17) is 5.11 Å². The number of hydrogen-bond acceptors (Lipinski definition) is 1. The molecule has 0 aliphatic rings. The summed E-state index contributed by atoms with van der Waals surface area (Å²) < 4.78 is 0. The van der Waals surface area contributed by atoms with E-state index in [2.05, 4.69) is 20.8 Å². The van der Waals surface area contributed by atoms with Crippen LogP contribution in [0.25, 0.3) is 0 Å². The van der Waals surface area contributed by atoms with Gasteiger partial charge in [-0.25, -0.2) is 0 Å². The highest BCUT2D eigenvalue weighted by atomic mass is 16.2. The van der Waals surface area contributed by atoms with Crippen LogP contribution in [-0.4, -0.2) is 11.7 Å². The second kappa shape index (κ2) is 6.47. The fraction of sp³-hybridized carbons (Fsp3) is 1.00. The van der Waals surface area contributed by atoms with Gasteiger partial charge in [0.05, 0.1) is 0 Å². The molecule has 0 heterocycles. The van der Waals surface area contributed by atoms with E-state index in [0.717, 1.165) is 12.8 Å². The lowest BCUT2D eigenvalue weighted by Crippen LogP contribution is -2.11. The molecule has 0 spiro atoms. The van der Waals surface area contributed by atoms with Crippen molar-refractivity contribution >= 4 is 0 Å². The summed E-state index contributed by atoms with van der Waals surface area (Å²) in [5, 5.41) is 8.70. The zero-order valence-electron chi connectivity index (χ0n) is 8.90. The first-order chi connectivity index (χ1) is 5.62. The molecule has 0 aliphatic heterocycles. The summed E-state index contributed by atoms with van der Waals surface area (Å²) in [6, 6.07) is 0. The van der Waals surface area contributed by atoms with Crippen LogP contribution in [0, 0.1) is 5.41 Å². The molecule has 0 atom stereocenters. The van der Waals surface area contributed by atoms with Crippen LogP contribution in [0.5, 0.6) is 0 Å². The van der Waals surface area contributed by atoms with Gasteiger partial charge in [-0.15, -0.1) is 0 Å². The highest BCUT2D eigenvalue weighted by molar-refractivity contribution is 4.68. The summed E-state index contributed by atoms with van der Waals surface area (Å²) in [7, 11) is 0. The molecule has 0 fully saturated rings. The van der Waals surface area contributed by atoms with Crippen LogP contribution in [0.4, 0.5) is 0 Å². The Balaban J connectivity index is 3.42. The summed E-state index contributed by atoms with van der Waals surface area (Å²) in [6.45, 7) is 7.19. The smallest absolute Gasteiger partial charge is 0.0431 e. The Hall–Kier alpha value is -0.0400. The van der Waals surface area contributed by atoms with Crippen molar-refractivity contribution in [3.05, 3.63) is 0 Å². The molecule has 0 saturated heterocycles. The van der Waals surface area contributed by atoms with Crippen molar-refractivity contribution in [3.8, 4) is 0 Å². The summed E-state index contributed by atoms with van der Waals surface area (Å²) in [6.07, 6.45) is 7.42. The maximum Gasteiger partial charge on any atom is 0.0431 e. The summed E-state index contributed by atoms with van der Waals surface area (Å²) in [5.74, 6) is 0. The Morgan fingerprint density at radius 3 is 2.08 bits per heavy atom. The second-order valence-electron chi connectivity index (χ2n) is 4.45. The minimum Gasteiger partial charge on any atom is -0.396 e. The summed E-state index contributed by atoms with van der Waals surface area (Å²) in [4.78, 5) is 0. The van der Waals surface area contributed by atoms with E-state index in [-0.39, 0.29) is 0 Å². The maximum atomic E-state index is 8.70. The summed E-state index contributed by atoms with van der Waals surface area (Å²) in [5.41, 5.74) is 0.442. The Morgan fingerprint density at radius 1 is 1.00 bits per heavy atom. The molecular weight excluding hydrogens is 148 g/mol. The fourth-order valence-corrected chi connectivity index (χ4v) is 1.54. The first-order valence-corrected chi connectivity index (χ1v) is 5.23. The van der Waals surface area contributed by atoms with Crippen molar-refractivity contribution in [2.45, 2.75) is 59.3 Å². The van der Waals surface area contributed by atoms with Gasteiger partial charge in [-0.05, 0) is 24.7 Å². The molecule has 0 unspecified atom stereocenters. The molecule has 0 rings (SSSR count). The second-order valence-corrected chi connectivity index (χ2v) is 4.45. The average Bonchev–Trinajstić information content (AvgIpc) is 2.01. The molecule has 12 heavy (non-hydrogen) atoms. The van der Waals surface area contributed by atoms with E-state index >= 15 is 0 Å². The van der Waals surface area contributed by atoms with Crippen LogP contribution in [0.15, 0.2) is 0 Å². The van der Waals surface area contributed by atoms with Crippen molar-refractivity contribution in [1.29, 1.82) is 0 Å². The lowest BCUT2D eigenvalue weighted by molar-refractivity contribution is 0.228. The van der Waals surface area contributed by atoms with E-state index in [1.54, 1.807) is 0 Å². The van der Waals surface area contributed by atoms with Crippen LogP contribution in [-0.2, 0) is 0 Å². The standard InChI is InChI=1S/C11H24O/c1-4-5-6-8-11(2,3)9-7-10-12/h12H,4-10H2,1-3H3. The van der Waals surface area contributed by atoms with Crippen LogP contribution < -0.4 is 0 Å². The SMILES string of the molecule is CCCCCC(C)(C)CCCO. The van der Waals surface area contributed by atoms with Crippen molar-refractivity contribution in [2.75, 3.05) is 6.61 Å². The lowest BCUT2D eigenvalue weighted by atomic mass is 9.83. The molecular formula is C11H24O. The number of aliphatic hydroxyl groups excluding tert-OH is 1. The van der Waals surface area contributed by atoms with Crippen molar-refractivity contribution in [1.82, 2.24) is 0 Å². The number of hydrogen-bond donors (Lipinski definition) is 1. The van der Waals surface area contributed by atoms with E-state index in [1.807, 2.05) is 0 Å². The minimum atomic E-state index is 0.344. The summed E-state index contributed by atoms with van der Waals surface area (Å²) >= 11 is 0. The van der Waals surface area contributed by atoms with Crippen LogP contribution >= 0.6 is 0 Å². The molecule has 0 bridgehead atoms. The van der Waals surface area contributed by atoms with E-state index in [9.17, 15) is 0 Å². The molecule has 0 aliphatic carbocycles. The maximum absolute atomic E-state index is 8.70. The highest BCUT2D eigenvalue weighted by Crippen LogP contribution is 2.28. The van der Waals surface area contributed by atoms with Crippen molar-refractivity contribution in [2.24, 2.45) is 5.41 Å². The average molecular weight is 172 g/mol. The predicted molar refractivity (Wildman–Crippen MR) is 54.2 cm³/mol. The highest BCUT2D eigenvalue weighted by Gasteiger charge is 2.15. The predicted octanol–water partition coefficient (Wildman–Crippen LogP) is 3.37. The number of rotatable bonds is 7. The molecule has 0 aromatic rings. The van der Waals surface area contributed by atoms with Crippen LogP contribution in [0.2, 0.25) is 0 Å². The minimum absolute atomic E-state index is 0.344. The third-order valence-corrected chi connectivity index (χ3v) is 2.47. The number of aliphatic hydroxyl groups is 1. The zero-order chi connectivity index (χ0) is 9.45. The van der Waals surface area contributed by atoms with Gasteiger partial charge >= 0.3 is 0 Å². The van der Waals surface area contributed by atoms with Gasteiger partial charge in [-0.3, -0.25) is 0 Å². The molecule has 74 valence electrons. The van der Waals surface area contributed by atoms with Gasteiger partial charge < -0.3 is 5.11 Å². The van der Waals surface area contributed by atoms with Gasteiger partial charge in [0.15, 0.2) is 0 Å². The molecule has 0 radical (unpaired) electrons. The third-order valence-electron chi connectivity index (χ3n) is 2.47. The molecule has 0 aromatic carbocycles. The first-order valence-electron chi connectivity index (χ1n) is 5.23. The third kappa shape index (κ3) is 6.66. The topological polar surface area (TPSA) is 20.2 Å². The van der Waals surface area contributed by atoms with Crippen LogP contribution in [0.1, 0.15) is 59.3 Å². The quantitative estimate of drug-likeness (QED) is 0.584. The molecule has 1 N–H and O–H groups in total. The van der Waals surface area contributed by atoms with E-state index < -0.39 is 0 Å².